The molecule has 2 aromatic rings. The van der Waals surface area contributed by atoms with Crippen LogP contribution < -0.4 is 11.1 Å². The van der Waals surface area contributed by atoms with Gasteiger partial charge in [-0.15, -0.1) is 0 Å². The van der Waals surface area contributed by atoms with Crippen molar-refractivity contribution in [3.05, 3.63) is 57.7 Å². The number of halogens is 1. The van der Waals surface area contributed by atoms with Crippen molar-refractivity contribution in [3.8, 4) is 0 Å². The van der Waals surface area contributed by atoms with Gasteiger partial charge in [0, 0.05) is 15.6 Å². The van der Waals surface area contributed by atoms with E-state index in [0.29, 0.717) is 11.4 Å². The molecule has 5 nitrogen and oxygen atoms in total. The second kappa shape index (κ2) is 5.83. The molecule has 1 heterocycles. The van der Waals surface area contributed by atoms with Crippen molar-refractivity contribution in [2.75, 3.05) is 5.32 Å². The zero-order valence-electron chi connectivity index (χ0n) is 10.7. The van der Waals surface area contributed by atoms with Crippen molar-refractivity contribution in [2.24, 2.45) is 5.73 Å². The summed E-state index contributed by atoms with van der Waals surface area (Å²) in [5.41, 5.74) is 6.60. The summed E-state index contributed by atoms with van der Waals surface area (Å²) in [5.74, 6) is -0.472. The van der Waals surface area contributed by atoms with Crippen molar-refractivity contribution < 1.29 is 9.59 Å². The largest absolute Gasteiger partial charge is 0.366 e. The van der Waals surface area contributed by atoms with Crippen LogP contribution in [0.3, 0.4) is 0 Å². The van der Waals surface area contributed by atoms with Gasteiger partial charge in [0.2, 0.25) is 5.91 Å². The molecule has 0 fully saturated rings. The molecule has 0 spiro atoms. The Labute approximate surface area is 124 Å². The van der Waals surface area contributed by atoms with Gasteiger partial charge in [0.05, 0.1) is 5.69 Å². The Hall–Kier alpha value is -2.21. The number of benzene rings is 1. The number of aromatic nitrogens is 1. The molecule has 20 heavy (non-hydrogen) atoms. The number of carbonyl (C=O) groups is 2. The number of anilines is 1. The molecule has 6 heteroatoms. The number of nitrogens with two attached hydrogens (primary N) is 1. The van der Waals surface area contributed by atoms with Crippen molar-refractivity contribution in [1.29, 1.82) is 0 Å². The predicted octanol–water partition coefficient (Wildman–Crippen LogP) is 2.50. The number of hydrogen-bond acceptors (Lipinski definition) is 3. The molecule has 0 atom stereocenters. The van der Waals surface area contributed by atoms with Gasteiger partial charge in [-0.05, 0) is 53.2 Å². The Morgan fingerprint density at radius 3 is 2.55 bits per heavy atom. The fourth-order valence-electron chi connectivity index (χ4n) is 1.62. The first-order chi connectivity index (χ1) is 9.47. The first-order valence-electron chi connectivity index (χ1n) is 5.82. The molecular formula is C14H12BrN3O2. The number of nitrogens with one attached hydrogen (secondary N) is 1. The third kappa shape index (κ3) is 3.21. The van der Waals surface area contributed by atoms with E-state index in [1.54, 1.807) is 30.3 Å². The summed E-state index contributed by atoms with van der Waals surface area (Å²) in [6, 6.07) is 9.71. The SMILES string of the molecule is Cc1nc(NC(=O)c2cccc(C(N)=O)c2)ccc1Br. The highest BCUT2D eigenvalue weighted by molar-refractivity contribution is 9.10. The second-order valence-electron chi connectivity index (χ2n) is 4.16. The molecule has 0 aliphatic heterocycles. The molecular weight excluding hydrogens is 322 g/mol. The summed E-state index contributed by atoms with van der Waals surface area (Å²) in [4.78, 5) is 27.4. The first kappa shape index (κ1) is 14.2. The Bertz CT molecular complexity index is 686. The molecule has 1 aromatic heterocycles. The second-order valence-corrected chi connectivity index (χ2v) is 5.02. The molecule has 0 unspecified atom stereocenters. The first-order valence-corrected chi connectivity index (χ1v) is 6.61. The molecule has 102 valence electrons. The van der Waals surface area contributed by atoms with E-state index in [2.05, 4.69) is 26.2 Å². The maximum atomic E-state index is 12.1. The van der Waals surface area contributed by atoms with E-state index in [1.165, 1.54) is 6.07 Å². The third-order valence-corrected chi connectivity index (χ3v) is 3.51. The number of rotatable bonds is 3. The van der Waals surface area contributed by atoms with E-state index < -0.39 is 5.91 Å². The van der Waals surface area contributed by atoms with E-state index in [1.807, 2.05) is 6.92 Å². The van der Waals surface area contributed by atoms with E-state index >= 15 is 0 Å². The quantitative estimate of drug-likeness (QED) is 0.904. The number of nitrogens with zero attached hydrogens (tertiary/aromatic N) is 1. The lowest BCUT2D eigenvalue weighted by Crippen LogP contribution is -2.16. The lowest BCUT2D eigenvalue weighted by atomic mass is 10.1. The van der Waals surface area contributed by atoms with Gasteiger partial charge in [0.1, 0.15) is 5.82 Å². The van der Waals surface area contributed by atoms with Crippen LogP contribution in [0.1, 0.15) is 26.4 Å². The van der Waals surface area contributed by atoms with Crippen LogP contribution in [0.15, 0.2) is 40.9 Å². The Balaban J connectivity index is 2.21. The van der Waals surface area contributed by atoms with Gasteiger partial charge in [-0.3, -0.25) is 9.59 Å². The number of pyridine rings is 1. The fraction of sp³-hybridized carbons (Fsp3) is 0.0714. The maximum absolute atomic E-state index is 12.1. The van der Waals surface area contributed by atoms with Gasteiger partial charge in [0.25, 0.3) is 5.91 Å². The normalized spacial score (nSPS) is 10.1. The third-order valence-electron chi connectivity index (χ3n) is 2.67. The molecule has 0 bridgehead atoms. The summed E-state index contributed by atoms with van der Waals surface area (Å²) >= 11 is 3.34. The van der Waals surface area contributed by atoms with Crippen molar-refractivity contribution in [3.63, 3.8) is 0 Å². The minimum absolute atomic E-state index is 0.289. The van der Waals surface area contributed by atoms with Crippen molar-refractivity contribution >= 4 is 33.6 Å². The number of aryl methyl sites for hydroxylation is 1. The van der Waals surface area contributed by atoms with Crippen molar-refractivity contribution in [2.45, 2.75) is 6.92 Å². The van der Waals surface area contributed by atoms with E-state index in [9.17, 15) is 9.59 Å². The average Bonchev–Trinajstić information content (AvgIpc) is 2.43. The molecule has 0 radical (unpaired) electrons. The van der Waals surface area contributed by atoms with E-state index in [-0.39, 0.29) is 11.5 Å². The highest BCUT2D eigenvalue weighted by Gasteiger charge is 2.10. The van der Waals surface area contributed by atoms with Crippen LogP contribution in [0.4, 0.5) is 5.82 Å². The van der Waals surface area contributed by atoms with Crippen LogP contribution in [0.5, 0.6) is 0 Å². The summed E-state index contributed by atoms with van der Waals surface area (Å²) in [6.07, 6.45) is 0. The Morgan fingerprint density at radius 1 is 1.20 bits per heavy atom. The summed E-state index contributed by atoms with van der Waals surface area (Å²) in [6.45, 7) is 1.83. The highest BCUT2D eigenvalue weighted by Crippen LogP contribution is 2.17. The number of primary amides is 1. The number of amides is 2. The van der Waals surface area contributed by atoms with E-state index in [0.717, 1.165) is 10.2 Å². The Kier molecular flexibility index (Phi) is 4.14. The summed E-state index contributed by atoms with van der Waals surface area (Å²) in [5, 5.41) is 2.67. The molecule has 2 amide bonds. The van der Waals surface area contributed by atoms with Crippen LogP contribution in [0.2, 0.25) is 0 Å². The van der Waals surface area contributed by atoms with Crippen LogP contribution in [0, 0.1) is 6.92 Å². The van der Waals surface area contributed by atoms with Gasteiger partial charge in [-0.2, -0.15) is 0 Å². The van der Waals surface area contributed by atoms with E-state index in [4.69, 9.17) is 5.73 Å². The molecule has 1 aromatic carbocycles. The van der Waals surface area contributed by atoms with Gasteiger partial charge >= 0.3 is 0 Å². The smallest absolute Gasteiger partial charge is 0.256 e. The lowest BCUT2D eigenvalue weighted by Gasteiger charge is -2.07. The van der Waals surface area contributed by atoms with Crippen LogP contribution in [-0.2, 0) is 0 Å². The Morgan fingerprint density at radius 2 is 1.90 bits per heavy atom. The standard InChI is InChI=1S/C14H12BrN3O2/c1-8-11(15)5-6-12(17-8)18-14(20)10-4-2-3-9(7-10)13(16)19/h2-7H,1H3,(H2,16,19)(H,17,18,20). The van der Waals surface area contributed by atoms with Gasteiger partial charge < -0.3 is 11.1 Å². The number of hydrogen-bond donors (Lipinski definition) is 2. The lowest BCUT2D eigenvalue weighted by molar-refractivity contribution is 0.1000. The molecule has 3 N–H and O–H groups in total. The van der Waals surface area contributed by atoms with Gasteiger partial charge in [-0.25, -0.2) is 4.98 Å². The van der Waals surface area contributed by atoms with Gasteiger partial charge in [0.15, 0.2) is 0 Å². The summed E-state index contributed by atoms with van der Waals surface area (Å²) in [7, 11) is 0. The zero-order chi connectivity index (χ0) is 14.7. The minimum atomic E-state index is -0.572. The minimum Gasteiger partial charge on any atom is -0.366 e. The van der Waals surface area contributed by atoms with Crippen LogP contribution >= 0.6 is 15.9 Å². The maximum Gasteiger partial charge on any atom is 0.256 e. The molecule has 0 saturated heterocycles. The fourth-order valence-corrected chi connectivity index (χ4v) is 1.84. The van der Waals surface area contributed by atoms with Crippen molar-refractivity contribution in [1.82, 2.24) is 4.98 Å². The zero-order valence-corrected chi connectivity index (χ0v) is 12.3. The number of carbonyl (C=O) groups excluding carboxylic acids is 2. The predicted molar refractivity (Wildman–Crippen MR) is 79.6 cm³/mol. The molecule has 0 aliphatic carbocycles. The van der Waals surface area contributed by atoms with Gasteiger partial charge in [-0.1, -0.05) is 6.07 Å². The summed E-state index contributed by atoms with van der Waals surface area (Å²) < 4.78 is 0.867. The average molecular weight is 334 g/mol. The molecule has 2 rings (SSSR count). The van der Waals surface area contributed by atoms with Crippen LogP contribution in [-0.4, -0.2) is 16.8 Å². The molecule has 0 saturated carbocycles. The molecule has 0 aliphatic rings. The monoisotopic (exact) mass is 333 g/mol. The highest BCUT2D eigenvalue weighted by atomic mass is 79.9. The van der Waals surface area contributed by atoms with Crippen LogP contribution in [0.25, 0.3) is 0 Å². The topological polar surface area (TPSA) is 85.1 Å².